The number of hydrogen-bond donors (Lipinski definition) is 2. The van der Waals surface area contributed by atoms with E-state index >= 15 is 0 Å². The van der Waals surface area contributed by atoms with E-state index in [-0.39, 0.29) is 6.03 Å². The van der Waals surface area contributed by atoms with Crippen LogP contribution in [0.4, 0.5) is 10.5 Å². The molecule has 0 aliphatic rings. The molecule has 2 aromatic carbocycles. The molecule has 0 spiro atoms. The van der Waals surface area contributed by atoms with Crippen molar-refractivity contribution >= 4 is 23.3 Å². The molecule has 3 rings (SSSR count). The van der Waals surface area contributed by atoms with Crippen molar-refractivity contribution in [2.45, 2.75) is 13.5 Å². The van der Waals surface area contributed by atoms with Crippen molar-refractivity contribution in [3.8, 4) is 11.5 Å². The molecule has 0 bridgehead atoms. The predicted molar refractivity (Wildman–Crippen MR) is 103 cm³/mol. The van der Waals surface area contributed by atoms with Crippen LogP contribution in [0.3, 0.4) is 0 Å². The summed E-state index contributed by atoms with van der Waals surface area (Å²) in [6, 6.07) is 16.2. The van der Waals surface area contributed by atoms with Gasteiger partial charge in [0, 0.05) is 29.6 Å². The lowest BCUT2D eigenvalue weighted by atomic mass is 10.2. The number of halogens is 1. The number of ether oxygens (including phenoxy) is 1. The fourth-order valence-electron chi connectivity index (χ4n) is 2.30. The Hall–Kier alpha value is -3.05. The number of pyridine rings is 1. The lowest BCUT2D eigenvalue weighted by Gasteiger charge is -2.10. The molecule has 3 aromatic rings. The molecule has 2 N–H and O–H groups in total. The van der Waals surface area contributed by atoms with Crippen LogP contribution in [0.1, 0.15) is 11.1 Å². The summed E-state index contributed by atoms with van der Waals surface area (Å²) in [6.07, 6.45) is 3.35. The SMILES string of the molecule is Cc1cc(NC(=O)NCc2ccc(Oc3ccncc3)cc2)ccc1Cl. The molecule has 0 aliphatic carbocycles. The van der Waals surface area contributed by atoms with Crippen LogP contribution in [0.25, 0.3) is 0 Å². The summed E-state index contributed by atoms with van der Waals surface area (Å²) in [4.78, 5) is 16.0. The van der Waals surface area contributed by atoms with Gasteiger partial charge in [-0.15, -0.1) is 0 Å². The second-order valence-electron chi connectivity index (χ2n) is 5.70. The van der Waals surface area contributed by atoms with E-state index in [1.807, 2.05) is 37.3 Å². The van der Waals surface area contributed by atoms with Gasteiger partial charge in [-0.25, -0.2) is 4.79 Å². The fraction of sp³-hybridized carbons (Fsp3) is 0.100. The smallest absolute Gasteiger partial charge is 0.319 e. The number of carbonyl (C=O) groups excluding carboxylic acids is 1. The normalized spacial score (nSPS) is 10.2. The molecule has 5 nitrogen and oxygen atoms in total. The van der Waals surface area contributed by atoms with Gasteiger partial charge in [0.2, 0.25) is 0 Å². The number of benzene rings is 2. The summed E-state index contributed by atoms with van der Waals surface area (Å²) in [5, 5.41) is 6.27. The van der Waals surface area contributed by atoms with Gasteiger partial charge in [0.05, 0.1) is 0 Å². The molecule has 0 atom stereocenters. The molecule has 26 heavy (non-hydrogen) atoms. The Morgan fingerprint density at radius 1 is 1.04 bits per heavy atom. The van der Waals surface area contributed by atoms with Gasteiger partial charge < -0.3 is 15.4 Å². The number of nitrogens with one attached hydrogen (secondary N) is 2. The number of urea groups is 1. The zero-order chi connectivity index (χ0) is 18.4. The molecule has 0 saturated heterocycles. The Morgan fingerprint density at radius 2 is 1.73 bits per heavy atom. The van der Waals surface area contributed by atoms with Crippen LogP contribution in [0, 0.1) is 6.92 Å². The third-order valence-corrected chi connectivity index (χ3v) is 4.10. The van der Waals surface area contributed by atoms with Crippen LogP contribution in [0.2, 0.25) is 5.02 Å². The minimum atomic E-state index is -0.274. The van der Waals surface area contributed by atoms with E-state index in [1.54, 1.807) is 36.7 Å². The van der Waals surface area contributed by atoms with Gasteiger partial charge >= 0.3 is 6.03 Å². The quantitative estimate of drug-likeness (QED) is 0.654. The Labute approximate surface area is 157 Å². The number of rotatable bonds is 5. The van der Waals surface area contributed by atoms with E-state index in [0.717, 1.165) is 22.6 Å². The number of aromatic nitrogens is 1. The second-order valence-corrected chi connectivity index (χ2v) is 6.11. The Kier molecular flexibility index (Phi) is 5.71. The van der Waals surface area contributed by atoms with Gasteiger partial charge in [-0.1, -0.05) is 23.7 Å². The summed E-state index contributed by atoms with van der Waals surface area (Å²) in [5.74, 6) is 1.45. The maximum atomic E-state index is 12.0. The van der Waals surface area contributed by atoms with E-state index in [2.05, 4.69) is 15.6 Å². The van der Waals surface area contributed by atoms with Crippen LogP contribution >= 0.6 is 11.6 Å². The van der Waals surface area contributed by atoms with Crippen molar-refractivity contribution in [2.24, 2.45) is 0 Å². The molecule has 0 fully saturated rings. The van der Waals surface area contributed by atoms with Crippen molar-refractivity contribution in [2.75, 3.05) is 5.32 Å². The van der Waals surface area contributed by atoms with Crippen LogP contribution in [0.5, 0.6) is 11.5 Å². The summed E-state index contributed by atoms with van der Waals surface area (Å²) < 4.78 is 5.71. The topological polar surface area (TPSA) is 63.2 Å². The van der Waals surface area contributed by atoms with Crippen molar-refractivity contribution < 1.29 is 9.53 Å². The Balaban J connectivity index is 1.51. The van der Waals surface area contributed by atoms with Crippen LogP contribution < -0.4 is 15.4 Å². The van der Waals surface area contributed by atoms with Gasteiger partial charge in [0.15, 0.2) is 0 Å². The number of anilines is 1. The number of hydrogen-bond acceptors (Lipinski definition) is 3. The van der Waals surface area contributed by atoms with Crippen molar-refractivity contribution in [1.82, 2.24) is 10.3 Å². The molecule has 0 radical (unpaired) electrons. The van der Waals surface area contributed by atoms with Gasteiger partial charge in [-0.2, -0.15) is 0 Å². The average molecular weight is 368 g/mol. The molecule has 132 valence electrons. The number of aryl methyl sites for hydroxylation is 1. The zero-order valence-corrected chi connectivity index (χ0v) is 15.0. The number of amides is 2. The van der Waals surface area contributed by atoms with Crippen molar-refractivity contribution in [3.63, 3.8) is 0 Å². The summed E-state index contributed by atoms with van der Waals surface area (Å²) >= 11 is 5.98. The first-order valence-corrected chi connectivity index (χ1v) is 8.46. The fourth-order valence-corrected chi connectivity index (χ4v) is 2.42. The Bertz CT molecular complexity index is 883. The molecular weight excluding hydrogens is 350 g/mol. The van der Waals surface area contributed by atoms with E-state index in [0.29, 0.717) is 17.3 Å². The minimum Gasteiger partial charge on any atom is -0.457 e. The molecule has 1 heterocycles. The number of nitrogens with zero attached hydrogens (tertiary/aromatic N) is 1. The predicted octanol–water partition coefficient (Wildman–Crippen LogP) is 5.16. The molecule has 2 amide bonds. The highest BCUT2D eigenvalue weighted by Crippen LogP contribution is 2.21. The highest BCUT2D eigenvalue weighted by molar-refractivity contribution is 6.31. The summed E-state index contributed by atoms with van der Waals surface area (Å²) in [5.41, 5.74) is 2.58. The van der Waals surface area contributed by atoms with E-state index < -0.39 is 0 Å². The monoisotopic (exact) mass is 367 g/mol. The van der Waals surface area contributed by atoms with E-state index in [9.17, 15) is 4.79 Å². The molecule has 0 unspecified atom stereocenters. The van der Waals surface area contributed by atoms with Crippen molar-refractivity contribution in [3.05, 3.63) is 83.1 Å². The zero-order valence-electron chi connectivity index (χ0n) is 14.2. The third-order valence-electron chi connectivity index (χ3n) is 3.68. The van der Waals surface area contributed by atoms with Gasteiger partial charge in [-0.3, -0.25) is 4.98 Å². The van der Waals surface area contributed by atoms with Crippen molar-refractivity contribution in [1.29, 1.82) is 0 Å². The molecule has 0 saturated carbocycles. The molecule has 0 aliphatic heterocycles. The Morgan fingerprint density at radius 3 is 2.42 bits per heavy atom. The standard InChI is InChI=1S/C20H18ClN3O2/c1-14-12-16(4-7-19(14)21)24-20(25)23-13-15-2-5-17(6-3-15)26-18-8-10-22-11-9-18/h2-12H,13H2,1H3,(H2,23,24,25). The first-order chi connectivity index (χ1) is 12.6. The maximum Gasteiger partial charge on any atom is 0.319 e. The minimum absolute atomic E-state index is 0.274. The third kappa shape index (κ3) is 4.97. The lowest BCUT2D eigenvalue weighted by Crippen LogP contribution is -2.28. The highest BCUT2D eigenvalue weighted by Gasteiger charge is 2.04. The highest BCUT2D eigenvalue weighted by atomic mass is 35.5. The van der Waals surface area contributed by atoms with Gasteiger partial charge in [0.25, 0.3) is 0 Å². The molecular formula is C20H18ClN3O2. The van der Waals surface area contributed by atoms with Gasteiger partial charge in [0.1, 0.15) is 11.5 Å². The lowest BCUT2D eigenvalue weighted by molar-refractivity contribution is 0.251. The van der Waals surface area contributed by atoms with E-state index in [1.165, 1.54) is 0 Å². The largest absolute Gasteiger partial charge is 0.457 e. The second kappa shape index (κ2) is 8.36. The first-order valence-electron chi connectivity index (χ1n) is 8.08. The molecule has 1 aromatic heterocycles. The summed E-state index contributed by atoms with van der Waals surface area (Å²) in [6.45, 7) is 2.30. The maximum absolute atomic E-state index is 12.0. The van der Waals surface area contributed by atoms with Crippen LogP contribution in [-0.2, 0) is 6.54 Å². The van der Waals surface area contributed by atoms with Gasteiger partial charge in [-0.05, 0) is 60.5 Å². The molecule has 6 heteroatoms. The summed E-state index contributed by atoms with van der Waals surface area (Å²) in [7, 11) is 0. The van der Waals surface area contributed by atoms with E-state index in [4.69, 9.17) is 16.3 Å². The van der Waals surface area contributed by atoms with Crippen LogP contribution in [-0.4, -0.2) is 11.0 Å². The average Bonchev–Trinajstić information content (AvgIpc) is 2.65. The van der Waals surface area contributed by atoms with Crippen LogP contribution in [0.15, 0.2) is 67.0 Å². The number of carbonyl (C=O) groups is 1. The first kappa shape index (κ1) is 17.8.